The average molecular weight is 591 g/mol. The second-order valence-electron chi connectivity index (χ2n) is 10.1. The Balaban J connectivity index is 2.08. The molecular formula is C29H33Cl2N3O4S. The molecule has 0 fully saturated rings. The number of hydrogen-bond acceptors (Lipinski definition) is 4. The van der Waals surface area contributed by atoms with E-state index >= 15 is 0 Å². The summed E-state index contributed by atoms with van der Waals surface area (Å²) in [6.45, 7) is 6.94. The summed E-state index contributed by atoms with van der Waals surface area (Å²) >= 11 is 12.4. The van der Waals surface area contributed by atoms with Crippen LogP contribution in [0.1, 0.15) is 39.7 Å². The molecule has 208 valence electrons. The van der Waals surface area contributed by atoms with Gasteiger partial charge in [0.2, 0.25) is 11.8 Å². The van der Waals surface area contributed by atoms with Gasteiger partial charge in [-0.15, -0.1) is 0 Å². The Labute approximate surface area is 240 Å². The van der Waals surface area contributed by atoms with Crippen LogP contribution in [-0.4, -0.2) is 43.3 Å². The lowest BCUT2D eigenvalue weighted by atomic mass is 10.1. The molecule has 0 spiro atoms. The summed E-state index contributed by atoms with van der Waals surface area (Å²) in [7, 11) is -4.20. The van der Waals surface area contributed by atoms with Crippen LogP contribution in [0.5, 0.6) is 0 Å². The quantitative estimate of drug-likeness (QED) is 0.318. The third kappa shape index (κ3) is 8.21. The molecule has 1 N–H and O–H groups in total. The van der Waals surface area contributed by atoms with Gasteiger partial charge in [0.25, 0.3) is 10.0 Å². The molecule has 0 saturated carbocycles. The SMILES string of the molecule is CCC(C(=O)NC(C)(C)C)N(Cc1ccccc1)C(=O)CN(c1cc(Cl)cc(Cl)c1)S(=O)(=O)c1ccccc1. The van der Waals surface area contributed by atoms with E-state index in [9.17, 15) is 18.0 Å². The number of carbonyl (C=O) groups excluding carboxylic acids is 2. The van der Waals surface area contributed by atoms with E-state index in [1.54, 1.807) is 18.2 Å². The fourth-order valence-corrected chi connectivity index (χ4v) is 6.02. The molecule has 0 saturated heterocycles. The minimum atomic E-state index is -4.20. The van der Waals surface area contributed by atoms with Gasteiger partial charge in [0, 0.05) is 22.1 Å². The average Bonchev–Trinajstić information content (AvgIpc) is 2.86. The molecule has 3 aromatic carbocycles. The van der Waals surface area contributed by atoms with E-state index in [0.29, 0.717) is 6.42 Å². The number of halogens is 2. The standard InChI is InChI=1S/C29H33Cl2N3O4S/c1-5-26(28(36)32-29(2,3)4)33(19-21-12-8-6-9-13-21)27(35)20-34(24-17-22(30)16-23(31)18-24)39(37,38)25-14-10-7-11-15-25/h6-18,26H,5,19-20H2,1-4H3,(H,32,36). The van der Waals surface area contributed by atoms with Crippen molar-refractivity contribution in [1.82, 2.24) is 10.2 Å². The molecule has 0 heterocycles. The van der Waals surface area contributed by atoms with E-state index in [0.717, 1.165) is 9.87 Å². The maximum Gasteiger partial charge on any atom is 0.264 e. The summed E-state index contributed by atoms with van der Waals surface area (Å²) in [5.74, 6) is -0.872. The number of rotatable bonds is 10. The highest BCUT2D eigenvalue weighted by Crippen LogP contribution is 2.30. The van der Waals surface area contributed by atoms with Crippen molar-refractivity contribution in [1.29, 1.82) is 0 Å². The molecule has 10 heteroatoms. The van der Waals surface area contributed by atoms with Gasteiger partial charge in [-0.05, 0) is 63.1 Å². The lowest BCUT2D eigenvalue weighted by Gasteiger charge is -2.34. The van der Waals surface area contributed by atoms with Crippen LogP contribution in [-0.2, 0) is 26.2 Å². The maximum atomic E-state index is 14.0. The fourth-order valence-electron chi connectivity index (χ4n) is 4.08. The molecule has 0 aliphatic rings. The van der Waals surface area contributed by atoms with E-state index in [4.69, 9.17) is 23.2 Å². The molecular weight excluding hydrogens is 557 g/mol. The van der Waals surface area contributed by atoms with Gasteiger partial charge in [0.1, 0.15) is 12.6 Å². The normalized spacial score (nSPS) is 12.5. The minimum Gasteiger partial charge on any atom is -0.350 e. The zero-order chi connectivity index (χ0) is 28.8. The van der Waals surface area contributed by atoms with Crippen molar-refractivity contribution in [3.63, 3.8) is 0 Å². The molecule has 0 aliphatic heterocycles. The van der Waals surface area contributed by atoms with E-state index < -0.39 is 34.1 Å². The highest BCUT2D eigenvalue weighted by molar-refractivity contribution is 7.92. The molecule has 2 amide bonds. The first-order valence-electron chi connectivity index (χ1n) is 12.5. The molecule has 1 atom stereocenters. The number of hydrogen-bond donors (Lipinski definition) is 1. The van der Waals surface area contributed by atoms with E-state index in [1.807, 2.05) is 58.0 Å². The largest absolute Gasteiger partial charge is 0.350 e. The summed E-state index contributed by atoms with van der Waals surface area (Å²) in [6, 6.07) is 20.6. The summed E-state index contributed by atoms with van der Waals surface area (Å²) in [5, 5.41) is 3.38. The number of benzene rings is 3. The maximum absolute atomic E-state index is 14.0. The van der Waals surface area contributed by atoms with Crippen molar-refractivity contribution in [2.45, 2.75) is 57.1 Å². The van der Waals surface area contributed by atoms with Gasteiger partial charge in [-0.1, -0.05) is 78.7 Å². The zero-order valence-corrected chi connectivity index (χ0v) is 24.7. The molecule has 7 nitrogen and oxygen atoms in total. The first-order chi connectivity index (χ1) is 18.3. The number of anilines is 1. The third-order valence-corrected chi connectivity index (χ3v) is 8.05. The second kappa shape index (κ2) is 12.9. The second-order valence-corrected chi connectivity index (χ2v) is 12.9. The Hall–Kier alpha value is -3.07. The van der Waals surface area contributed by atoms with Crippen LogP contribution in [0.2, 0.25) is 10.0 Å². The van der Waals surface area contributed by atoms with Gasteiger partial charge < -0.3 is 10.2 Å². The van der Waals surface area contributed by atoms with Crippen molar-refractivity contribution in [2.24, 2.45) is 0 Å². The zero-order valence-electron chi connectivity index (χ0n) is 22.4. The van der Waals surface area contributed by atoms with Crippen LogP contribution in [0.4, 0.5) is 5.69 Å². The van der Waals surface area contributed by atoms with Gasteiger partial charge in [0.15, 0.2) is 0 Å². The smallest absolute Gasteiger partial charge is 0.264 e. The van der Waals surface area contributed by atoms with Gasteiger partial charge in [-0.2, -0.15) is 0 Å². The predicted octanol–water partition coefficient (Wildman–Crippen LogP) is 5.91. The molecule has 0 radical (unpaired) electrons. The molecule has 3 rings (SSSR count). The Morgan fingerprint density at radius 2 is 1.44 bits per heavy atom. The summed E-state index contributed by atoms with van der Waals surface area (Å²) in [5.41, 5.74) is 0.416. The molecule has 0 bridgehead atoms. The summed E-state index contributed by atoms with van der Waals surface area (Å²) < 4.78 is 28.6. The number of carbonyl (C=O) groups is 2. The lowest BCUT2D eigenvalue weighted by Crippen LogP contribution is -2.55. The van der Waals surface area contributed by atoms with Crippen LogP contribution in [0, 0.1) is 0 Å². The molecule has 0 aliphatic carbocycles. The number of nitrogens with zero attached hydrogens (tertiary/aromatic N) is 2. The van der Waals surface area contributed by atoms with E-state index in [1.165, 1.54) is 35.2 Å². The van der Waals surface area contributed by atoms with Gasteiger partial charge in [0.05, 0.1) is 10.6 Å². The Kier molecular flexibility index (Phi) is 10.0. The van der Waals surface area contributed by atoms with E-state index in [-0.39, 0.29) is 33.1 Å². The van der Waals surface area contributed by atoms with Crippen molar-refractivity contribution >= 4 is 50.7 Å². The van der Waals surface area contributed by atoms with Crippen molar-refractivity contribution in [2.75, 3.05) is 10.8 Å². The fraction of sp³-hybridized carbons (Fsp3) is 0.310. The topological polar surface area (TPSA) is 86.8 Å². The number of nitrogens with one attached hydrogen (secondary N) is 1. The third-order valence-electron chi connectivity index (χ3n) is 5.83. The van der Waals surface area contributed by atoms with Crippen LogP contribution in [0.3, 0.4) is 0 Å². The Morgan fingerprint density at radius 3 is 1.95 bits per heavy atom. The minimum absolute atomic E-state index is 0.000949. The Bertz CT molecular complexity index is 1370. The molecule has 3 aromatic rings. The summed E-state index contributed by atoms with van der Waals surface area (Å²) in [6.07, 6.45) is 0.328. The summed E-state index contributed by atoms with van der Waals surface area (Å²) in [4.78, 5) is 28.8. The van der Waals surface area contributed by atoms with Crippen molar-refractivity contribution < 1.29 is 18.0 Å². The van der Waals surface area contributed by atoms with Gasteiger partial charge in [-0.25, -0.2) is 8.42 Å². The molecule has 39 heavy (non-hydrogen) atoms. The Morgan fingerprint density at radius 1 is 0.897 bits per heavy atom. The first kappa shape index (κ1) is 30.5. The lowest BCUT2D eigenvalue weighted by molar-refractivity contribution is -0.141. The van der Waals surface area contributed by atoms with Crippen LogP contribution in [0.25, 0.3) is 0 Å². The highest BCUT2D eigenvalue weighted by Gasteiger charge is 2.34. The molecule has 1 unspecified atom stereocenters. The van der Waals surface area contributed by atoms with Crippen molar-refractivity contribution in [3.8, 4) is 0 Å². The highest BCUT2D eigenvalue weighted by atomic mass is 35.5. The van der Waals surface area contributed by atoms with E-state index in [2.05, 4.69) is 5.32 Å². The van der Waals surface area contributed by atoms with Gasteiger partial charge in [-0.3, -0.25) is 13.9 Å². The van der Waals surface area contributed by atoms with Crippen LogP contribution in [0.15, 0.2) is 83.8 Å². The van der Waals surface area contributed by atoms with Gasteiger partial charge >= 0.3 is 0 Å². The van der Waals surface area contributed by atoms with Crippen molar-refractivity contribution in [3.05, 3.63) is 94.5 Å². The van der Waals surface area contributed by atoms with Crippen LogP contribution >= 0.6 is 23.2 Å². The number of amides is 2. The van der Waals surface area contributed by atoms with Crippen LogP contribution < -0.4 is 9.62 Å². The predicted molar refractivity (Wildman–Crippen MR) is 156 cm³/mol. The molecule has 0 aromatic heterocycles. The first-order valence-corrected chi connectivity index (χ1v) is 14.7. The monoisotopic (exact) mass is 589 g/mol. The number of sulfonamides is 1.